The Balaban J connectivity index is 1.77. The summed E-state index contributed by atoms with van der Waals surface area (Å²) in [6.45, 7) is 4.88. The topological polar surface area (TPSA) is 130 Å². The monoisotopic (exact) mass is 498 g/mol. The number of alkyl halides is 3. The molecule has 2 aromatic rings. The van der Waals surface area contributed by atoms with E-state index in [1.54, 1.807) is 25.7 Å². The molecule has 0 unspecified atom stereocenters. The van der Waals surface area contributed by atoms with Crippen LogP contribution in [0.3, 0.4) is 0 Å². The zero-order valence-corrected chi connectivity index (χ0v) is 19.3. The number of amides is 1. The number of anilines is 3. The highest BCUT2D eigenvalue weighted by molar-refractivity contribution is 5.88. The number of ether oxygens (including phenoxy) is 2. The van der Waals surface area contributed by atoms with E-state index in [1.165, 1.54) is 29.2 Å². The molecule has 1 saturated heterocycles. The number of benzene rings is 1. The number of hydrogen-bond donors (Lipinski definition) is 2. The van der Waals surface area contributed by atoms with Gasteiger partial charge in [-0.05, 0) is 45.0 Å². The molecular weight excluding hydrogens is 473 g/mol. The van der Waals surface area contributed by atoms with E-state index in [9.17, 15) is 22.8 Å². The van der Waals surface area contributed by atoms with Gasteiger partial charge in [0, 0.05) is 31.9 Å². The Hall–Kier alpha value is -3.84. The molecule has 1 amide bonds. The number of rotatable bonds is 6. The van der Waals surface area contributed by atoms with Gasteiger partial charge in [-0.15, -0.1) is 0 Å². The van der Waals surface area contributed by atoms with Crippen molar-refractivity contribution in [2.75, 3.05) is 43.0 Å². The minimum absolute atomic E-state index is 0.0592. The SMILES string of the molecule is CC(C)(C)OC(=O)N1CCN(c2nc(Nc3ccc(C(=O)O)cc3)nc(OCC(F)(F)F)n2)CC1. The quantitative estimate of drug-likeness (QED) is 0.612. The van der Waals surface area contributed by atoms with Gasteiger partial charge in [0.2, 0.25) is 11.9 Å². The molecule has 2 heterocycles. The van der Waals surface area contributed by atoms with Crippen LogP contribution >= 0.6 is 0 Å². The number of hydrogen-bond acceptors (Lipinski definition) is 9. The predicted octanol–water partition coefficient (Wildman–Crippen LogP) is 3.31. The van der Waals surface area contributed by atoms with Gasteiger partial charge in [-0.1, -0.05) is 0 Å². The molecule has 35 heavy (non-hydrogen) atoms. The molecule has 0 saturated carbocycles. The molecule has 0 aliphatic carbocycles. The number of nitrogens with zero attached hydrogens (tertiary/aromatic N) is 5. The maximum atomic E-state index is 12.7. The first-order chi connectivity index (χ1) is 16.3. The number of carbonyl (C=O) groups is 2. The summed E-state index contributed by atoms with van der Waals surface area (Å²) in [7, 11) is 0. The minimum atomic E-state index is -4.59. The zero-order chi connectivity index (χ0) is 25.8. The number of carbonyl (C=O) groups excluding carboxylic acids is 1. The lowest BCUT2D eigenvalue weighted by Gasteiger charge is -2.35. The van der Waals surface area contributed by atoms with Crippen molar-refractivity contribution in [1.82, 2.24) is 19.9 Å². The summed E-state index contributed by atoms with van der Waals surface area (Å²) in [5.74, 6) is -1.14. The van der Waals surface area contributed by atoms with Gasteiger partial charge in [0.05, 0.1) is 5.56 Å². The van der Waals surface area contributed by atoms with E-state index in [0.29, 0.717) is 31.9 Å². The Kier molecular flexibility index (Phi) is 7.51. The van der Waals surface area contributed by atoms with Crippen molar-refractivity contribution in [2.24, 2.45) is 0 Å². The summed E-state index contributed by atoms with van der Waals surface area (Å²) in [5.41, 5.74) is -0.177. The molecular formula is C21H25F3N6O5. The maximum Gasteiger partial charge on any atom is 0.422 e. The number of halogens is 3. The van der Waals surface area contributed by atoms with Gasteiger partial charge in [-0.2, -0.15) is 28.1 Å². The molecule has 0 atom stereocenters. The van der Waals surface area contributed by atoms with E-state index in [2.05, 4.69) is 20.3 Å². The summed E-state index contributed by atoms with van der Waals surface area (Å²) in [6.07, 6.45) is -5.05. The molecule has 2 N–H and O–H groups in total. The fourth-order valence-corrected chi connectivity index (χ4v) is 2.99. The van der Waals surface area contributed by atoms with Crippen LogP contribution in [-0.2, 0) is 4.74 Å². The average molecular weight is 498 g/mol. The van der Waals surface area contributed by atoms with Gasteiger partial charge in [0.15, 0.2) is 6.61 Å². The predicted molar refractivity (Wildman–Crippen MR) is 118 cm³/mol. The van der Waals surface area contributed by atoms with Gasteiger partial charge in [0.25, 0.3) is 0 Å². The Bertz CT molecular complexity index is 1050. The molecule has 0 bridgehead atoms. The van der Waals surface area contributed by atoms with Crippen molar-refractivity contribution < 1.29 is 37.3 Å². The third-order valence-corrected chi connectivity index (χ3v) is 4.57. The molecule has 1 aromatic carbocycles. The van der Waals surface area contributed by atoms with Gasteiger partial charge < -0.3 is 29.7 Å². The minimum Gasteiger partial charge on any atom is -0.478 e. The van der Waals surface area contributed by atoms with Crippen LogP contribution < -0.4 is 15.0 Å². The van der Waals surface area contributed by atoms with Crippen LogP contribution in [0.1, 0.15) is 31.1 Å². The van der Waals surface area contributed by atoms with Gasteiger partial charge in [0.1, 0.15) is 5.60 Å². The van der Waals surface area contributed by atoms with Crippen LogP contribution in [0.2, 0.25) is 0 Å². The number of carboxylic acid groups (broad SMARTS) is 1. The molecule has 190 valence electrons. The first kappa shape index (κ1) is 25.8. The second-order valence-corrected chi connectivity index (χ2v) is 8.61. The number of aromatic carboxylic acids is 1. The highest BCUT2D eigenvalue weighted by Gasteiger charge is 2.30. The molecule has 11 nitrogen and oxygen atoms in total. The third-order valence-electron chi connectivity index (χ3n) is 4.57. The lowest BCUT2D eigenvalue weighted by molar-refractivity contribution is -0.154. The lowest BCUT2D eigenvalue weighted by atomic mass is 10.2. The first-order valence-electron chi connectivity index (χ1n) is 10.6. The summed E-state index contributed by atoms with van der Waals surface area (Å²) in [5, 5.41) is 11.8. The lowest BCUT2D eigenvalue weighted by Crippen LogP contribution is -2.50. The average Bonchev–Trinajstić information content (AvgIpc) is 2.76. The van der Waals surface area contributed by atoms with E-state index in [-0.39, 0.29) is 17.5 Å². The number of aromatic nitrogens is 3. The summed E-state index contributed by atoms with van der Waals surface area (Å²) >= 11 is 0. The second kappa shape index (κ2) is 10.2. The molecule has 0 spiro atoms. The first-order valence-corrected chi connectivity index (χ1v) is 10.6. The van der Waals surface area contributed by atoms with Gasteiger partial charge in [-0.3, -0.25) is 0 Å². The summed E-state index contributed by atoms with van der Waals surface area (Å²) < 4.78 is 48.1. The van der Waals surface area contributed by atoms with Crippen molar-refractivity contribution >= 4 is 29.6 Å². The fraction of sp³-hybridized carbons (Fsp3) is 0.476. The molecule has 1 aliphatic heterocycles. The molecule has 1 aromatic heterocycles. The van der Waals surface area contributed by atoms with Crippen LogP contribution in [0.5, 0.6) is 6.01 Å². The van der Waals surface area contributed by atoms with E-state index in [4.69, 9.17) is 14.6 Å². The molecule has 0 radical (unpaired) electrons. The highest BCUT2D eigenvalue weighted by atomic mass is 19.4. The van der Waals surface area contributed by atoms with Crippen LogP contribution in [0.25, 0.3) is 0 Å². The maximum absolute atomic E-state index is 12.7. The molecule has 3 rings (SSSR count). The van der Waals surface area contributed by atoms with E-state index in [0.717, 1.165) is 0 Å². The second-order valence-electron chi connectivity index (χ2n) is 8.61. The fourth-order valence-electron chi connectivity index (χ4n) is 2.99. The van der Waals surface area contributed by atoms with Crippen molar-refractivity contribution in [2.45, 2.75) is 32.5 Å². The Morgan fingerprint density at radius 2 is 1.66 bits per heavy atom. The normalized spacial score (nSPS) is 14.5. The van der Waals surface area contributed by atoms with E-state index >= 15 is 0 Å². The Labute approximate surface area is 198 Å². The van der Waals surface area contributed by atoms with Crippen molar-refractivity contribution in [1.29, 1.82) is 0 Å². The van der Waals surface area contributed by atoms with Crippen molar-refractivity contribution in [3.8, 4) is 6.01 Å². The third kappa shape index (κ3) is 7.86. The van der Waals surface area contributed by atoms with Crippen LogP contribution in [-0.4, -0.2) is 81.6 Å². The number of nitrogens with one attached hydrogen (secondary N) is 1. The van der Waals surface area contributed by atoms with Gasteiger partial charge in [-0.25, -0.2) is 9.59 Å². The van der Waals surface area contributed by atoms with Gasteiger partial charge >= 0.3 is 24.2 Å². The number of carboxylic acids is 1. The highest BCUT2D eigenvalue weighted by Crippen LogP contribution is 2.23. The molecule has 1 fully saturated rings. The van der Waals surface area contributed by atoms with E-state index < -0.39 is 36.5 Å². The van der Waals surface area contributed by atoms with Crippen LogP contribution in [0.4, 0.5) is 35.5 Å². The van der Waals surface area contributed by atoms with Crippen molar-refractivity contribution in [3.05, 3.63) is 29.8 Å². The van der Waals surface area contributed by atoms with E-state index in [1.807, 2.05) is 0 Å². The summed E-state index contributed by atoms with van der Waals surface area (Å²) in [4.78, 5) is 38.7. The smallest absolute Gasteiger partial charge is 0.422 e. The zero-order valence-electron chi connectivity index (χ0n) is 19.3. The summed E-state index contributed by atoms with van der Waals surface area (Å²) in [6, 6.07) is 5.09. The number of piperazine rings is 1. The van der Waals surface area contributed by atoms with Crippen LogP contribution in [0, 0.1) is 0 Å². The largest absolute Gasteiger partial charge is 0.478 e. The standard InChI is InChI=1S/C21H25F3N6O5/c1-20(2,3)35-19(33)30-10-8-29(9-11-30)17-26-16(27-18(28-17)34-12-21(22,23)24)25-14-6-4-13(5-7-14)15(31)32/h4-7H,8-12H2,1-3H3,(H,31,32)(H,25,26,27,28). The Morgan fingerprint density at radius 1 is 1.03 bits per heavy atom. The molecule has 14 heteroatoms. The van der Waals surface area contributed by atoms with Crippen molar-refractivity contribution in [3.63, 3.8) is 0 Å². The van der Waals surface area contributed by atoms with Crippen LogP contribution in [0.15, 0.2) is 24.3 Å². The molecule has 1 aliphatic rings. The Morgan fingerprint density at radius 3 is 2.20 bits per heavy atom.